The Balaban J connectivity index is 3.12. The Kier molecular flexibility index (Phi) is 7.10. The van der Waals surface area contributed by atoms with Crippen molar-refractivity contribution in [2.24, 2.45) is 0 Å². The van der Waals surface area contributed by atoms with Crippen molar-refractivity contribution in [2.75, 3.05) is 18.4 Å². The Hall–Kier alpha value is -2.90. The summed E-state index contributed by atoms with van der Waals surface area (Å²) in [6.07, 6.45) is 0. The third kappa shape index (κ3) is 5.91. The number of benzene rings is 1. The first-order valence-electron chi connectivity index (χ1n) is 7.80. The van der Waals surface area contributed by atoms with Crippen LogP contribution >= 0.6 is 0 Å². The van der Waals surface area contributed by atoms with Crippen LogP contribution in [0.3, 0.4) is 0 Å². The van der Waals surface area contributed by atoms with E-state index < -0.39 is 17.9 Å². The average Bonchev–Trinajstić information content (AvgIpc) is 2.51. The lowest BCUT2D eigenvalue weighted by molar-refractivity contribution is -0.141. The molecule has 1 rings (SSSR count). The van der Waals surface area contributed by atoms with Crippen molar-refractivity contribution in [1.29, 1.82) is 0 Å². The Bertz CT molecular complexity index is 687. The van der Waals surface area contributed by atoms with Crippen LogP contribution < -0.4 is 10.6 Å². The highest BCUT2D eigenvalue weighted by molar-refractivity contribution is 5.99. The van der Waals surface area contributed by atoms with E-state index in [4.69, 9.17) is 0 Å². The van der Waals surface area contributed by atoms with Crippen LogP contribution in [-0.4, -0.2) is 52.8 Å². The highest BCUT2D eigenvalue weighted by atomic mass is 16.4. The molecule has 8 heteroatoms. The maximum Gasteiger partial charge on any atom is 0.326 e. The molecule has 0 spiro atoms. The summed E-state index contributed by atoms with van der Waals surface area (Å²) in [5.74, 6) is -2.17. The molecule has 1 aromatic rings. The molecule has 0 heterocycles. The second-order valence-electron chi connectivity index (χ2n) is 5.71. The summed E-state index contributed by atoms with van der Waals surface area (Å²) in [5.41, 5.74) is 1.40. The second-order valence-corrected chi connectivity index (χ2v) is 5.71. The van der Waals surface area contributed by atoms with Crippen LogP contribution in [-0.2, 0) is 14.4 Å². The van der Waals surface area contributed by atoms with Gasteiger partial charge in [0, 0.05) is 38.2 Å². The van der Waals surface area contributed by atoms with Crippen molar-refractivity contribution in [3.8, 4) is 0 Å². The van der Waals surface area contributed by atoms with Crippen molar-refractivity contribution in [1.82, 2.24) is 10.2 Å². The fraction of sp³-hybridized carbons (Fsp3) is 0.412. The monoisotopic (exact) mass is 349 g/mol. The first-order valence-corrected chi connectivity index (χ1v) is 7.80. The number of nitrogens with zero attached hydrogens (tertiary/aromatic N) is 1. The molecule has 0 aromatic heterocycles. The van der Waals surface area contributed by atoms with E-state index in [9.17, 15) is 24.3 Å². The molecule has 0 bridgehead atoms. The van der Waals surface area contributed by atoms with Gasteiger partial charge in [-0.25, -0.2) is 4.79 Å². The van der Waals surface area contributed by atoms with Crippen LogP contribution in [0.4, 0.5) is 5.69 Å². The Labute approximate surface area is 146 Å². The minimum absolute atomic E-state index is 0.0513. The second kappa shape index (κ2) is 8.81. The molecule has 1 aromatic carbocycles. The van der Waals surface area contributed by atoms with Crippen molar-refractivity contribution < 1.29 is 24.3 Å². The van der Waals surface area contributed by atoms with E-state index in [1.54, 1.807) is 19.1 Å². The molecule has 1 unspecified atom stereocenters. The molecule has 25 heavy (non-hydrogen) atoms. The molecule has 3 amide bonds. The smallest absolute Gasteiger partial charge is 0.326 e. The summed E-state index contributed by atoms with van der Waals surface area (Å²) in [5, 5.41) is 14.4. The van der Waals surface area contributed by atoms with E-state index in [1.165, 1.54) is 31.7 Å². The van der Waals surface area contributed by atoms with E-state index in [-0.39, 0.29) is 24.9 Å². The third-order valence-electron chi connectivity index (χ3n) is 3.60. The molecular weight excluding hydrogens is 326 g/mol. The van der Waals surface area contributed by atoms with Gasteiger partial charge >= 0.3 is 5.97 Å². The summed E-state index contributed by atoms with van der Waals surface area (Å²) >= 11 is 0. The number of nitrogens with one attached hydrogen (secondary N) is 2. The molecule has 0 aliphatic carbocycles. The van der Waals surface area contributed by atoms with Gasteiger partial charge in [-0.3, -0.25) is 14.4 Å². The van der Waals surface area contributed by atoms with Crippen LogP contribution in [0.1, 0.15) is 36.7 Å². The number of rotatable bonds is 7. The van der Waals surface area contributed by atoms with Crippen molar-refractivity contribution >= 4 is 29.4 Å². The fourth-order valence-electron chi connectivity index (χ4n) is 2.24. The lowest BCUT2D eigenvalue weighted by atomic mass is 10.1. The Morgan fingerprint density at radius 1 is 1.16 bits per heavy atom. The van der Waals surface area contributed by atoms with Crippen molar-refractivity contribution in [3.63, 3.8) is 0 Å². The highest BCUT2D eigenvalue weighted by Crippen LogP contribution is 2.18. The predicted molar refractivity (Wildman–Crippen MR) is 92.3 cm³/mol. The van der Waals surface area contributed by atoms with Gasteiger partial charge in [-0.1, -0.05) is 6.07 Å². The van der Waals surface area contributed by atoms with Gasteiger partial charge in [-0.2, -0.15) is 0 Å². The van der Waals surface area contributed by atoms with Crippen LogP contribution in [0.15, 0.2) is 18.2 Å². The SMILES string of the molecule is CC(=O)NCCN(C(=O)c1cc(NC(C)=O)ccc1C)C(C)C(=O)O. The topological polar surface area (TPSA) is 116 Å². The summed E-state index contributed by atoms with van der Waals surface area (Å²) in [7, 11) is 0. The number of hydrogen-bond acceptors (Lipinski definition) is 4. The number of aliphatic carboxylic acids is 1. The molecule has 1 atom stereocenters. The molecule has 0 aliphatic rings. The third-order valence-corrected chi connectivity index (χ3v) is 3.60. The molecular formula is C17H23N3O5. The van der Waals surface area contributed by atoms with E-state index in [0.29, 0.717) is 16.8 Å². The van der Waals surface area contributed by atoms with Gasteiger partial charge < -0.3 is 20.6 Å². The number of carboxylic acids is 1. The lowest BCUT2D eigenvalue weighted by Gasteiger charge is -2.27. The maximum atomic E-state index is 12.9. The molecule has 0 fully saturated rings. The van der Waals surface area contributed by atoms with Crippen LogP contribution in [0.2, 0.25) is 0 Å². The Morgan fingerprint density at radius 2 is 1.80 bits per heavy atom. The Morgan fingerprint density at radius 3 is 2.32 bits per heavy atom. The predicted octanol–water partition coefficient (Wildman–Crippen LogP) is 1.00. The molecule has 0 saturated heterocycles. The molecule has 0 aliphatic heterocycles. The largest absolute Gasteiger partial charge is 0.480 e. The zero-order valence-electron chi connectivity index (χ0n) is 14.8. The first kappa shape index (κ1) is 20.1. The summed E-state index contributed by atoms with van der Waals surface area (Å²) in [4.78, 5) is 47.6. The van der Waals surface area contributed by atoms with Crippen molar-refractivity contribution in [2.45, 2.75) is 33.7 Å². The maximum absolute atomic E-state index is 12.9. The molecule has 8 nitrogen and oxygen atoms in total. The number of carbonyl (C=O) groups excluding carboxylic acids is 3. The van der Waals surface area contributed by atoms with Gasteiger partial charge in [-0.15, -0.1) is 0 Å². The number of carbonyl (C=O) groups is 4. The minimum Gasteiger partial charge on any atom is -0.480 e. The summed E-state index contributed by atoms with van der Waals surface area (Å²) < 4.78 is 0. The normalized spacial score (nSPS) is 11.4. The number of anilines is 1. The van der Waals surface area contributed by atoms with E-state index in [1.807, 2.05) is 0 Å². The van der Waals surface area contributed by atoms with Crippen LogP contribution in [0.25, 0.3) is 0 Å². The van der Waals surface area contributed by atoms with Crippen LogP contribution in [0.5, 0.6) is 0 Å². The van der Waals surface area contributed by atoms with Gasteiger partial charge in [0.05, 0.1) is 0 Å². The molecule has 136 valence electrons. The van der Waals surface area contributed by atoms with Gasteiger partial charge in [0.15, 0.2) is 0 Å². The average molecular weight is 349 g/mol. The van der Waals surface area contributed by atoms with E-state index in [2.05, 4.69) is 10.6 Å². The van der Waals surface area contributed by atoms with Gasteiger partial charge in [0.1, 0.15) is 6.04 Å². The molecule has 0 radical (unpaired) electrons. The quantitative estimate of drug-likeness (QED) is 0.679. The molecule has 3 N–H and O–H groups in total. The lowest BCUT2D eigenvalue weighted by Crippen LogP contribution is -2.47. The van der Waals surface area contributed by atoms with Crippen molar-refractivity contribution in [3.05, 3.63) is 29.3 Å². The molecule has 0 saturated carbocycles. The van der Waals surface area contributed by atoms with Gasteiger partial charge in [-0.05, 0) is 31.5 Å². The number of carboxylic acid groups (broad SMARTS) is 1. The number of amides is 3. The number of hydrogen-bond donors (Lipinski definition) is 3. The van der Waals surface area contributed by atoms with Gasteiger partial charge in [0.2, 0.25) is 11.8 Å². The highest BCUT2D eigenvalue weighted by Gasteiger charge is 2.27. The van der Waals surface area contributed by atoms with Crippen LogP contribution in [0, 0.1) is 6.92 Å². The standard InChI is InChI=1S/C17H23N3O5/c1-10-5-6-14(19-13(4)22)9-15(10)16(23)20(11(2)17(24)25)8-7-18-12(3)21/h5-6,9,11H,7-8H2,1-4H3,(H,18,21)(H,19,22)(H,24,25). The van der Waals surface area contributed by atoms with Gasteiger partial charge in [0.25, 0.3) is 5.91 Å². The summed E-state index contributed by atoms with van der Waals surface area (Å²) in [6.45, 7) is 6.02. The first-order chi connectivity index (χ1) is 11.6. The summed E-state index contributed by atoms with van der Waals surface area (Å²) in [6, 6.07) is 3.79. The van der Waals surface area contributed by atoms with E-state index in [0.717, 1.165) is 0 Å². The number of aryl methyl sites for hydroxylation is 1. The fourth-order valence-corrected chi connectivity index (χ4v) is 2.24. The minimum atomic E-state index is -1.15. The zero-order chi connectivity index (χ0) is 19.1. The van der Waals surface area contributed by atoms with E-state index >= 15 is 0 Å². The zero-order valence-corrected chi connectivity index (χ0v) is 14.8.